The molecule has 9 heteroatoms. The number of nitrogens with zero attached hydrogens (tertiary/aromatic N) is 4. The van der Waals surface area contributed by atoms with Gasteiger partial charge in [0.15, 0.2) is 5.96 Å². The fraction of sp³-hybridized carbons (Fsp3) is 0.474. The van der Waals surface area contributed by atoms with Gasteiger partial charge in [0.25, 0.3) is 0 Å². The highest BCUT2D eigenvalue weighted by Gasteiger charge is 2.25. The number of hydrogen-bond donors (Lipinski definition) is 1. The first-order valence-electron chi connectivity index (χ1n) is 9.03. The van der Waals surface area contributed by atoms with Gasteiger partial charge in [-0.25, -0.2) is 0 Å². The summed E-state index contributed by atoms with van der Waals surface area (Å²) in [6.45, 7) is 4.84. The molecule has 0 saturated carbocycles. The summed E-state index contributed by atoms with van der Waals surface area (Å²) in [7, 11) is 3.70. The van der Waals surface area contributed by atoms with Crippen molar-refractivity contribution in [1.29, 1.82) is 0 Å². The van der Waals surface area contributed by atoms with Crippen molar-refractivity contribution in [2.75, 3.05) is 33.3 Å². The summed E-state index contributed by atoms with van der Waals surface area (Å²) in [5, 5.41) is 8.33. The fourth-order valence-corrected chi connectivity index (χ4v) is 3.13. The first kappa shape index (κ1) is 22.8. The number of rotatable bonds is 5. The van der Waals surface area contributed by atoms with E-state index < -0.39 is 0 Å². The van der Waals surface area contributed by atoms with Crippen LogP contribution in [0.3, 0.4) is 0 Å². The Morgan fingerprint density at radius 1 is 1.43 bits per heavy atom. The average Bonchev–Trinajstić information content (AvgIpc) is 3.11. The second-order valence-electron chi connectivity index (χ2n) is 6.56. The van der Waals surface area contributed by atoms with Crippen LogP contribution in [-0.2, 0) is 11.8 Å². The molecule has 2 atom stereocenters. The lowest BCUT2D eigenvalue weighted by atomic mass is 10.1. The minimum Gasteiger partial charge on any atom is -0.489 e. The zero-order valence-electron chi connectivity index (χ0n) is 16.3. The highest BCUT2D eigenvalue weighted by Crippen LogP contribution is 2.21. The molecule has 1 fully saturated rings. The van der Waals surface area contributed by atoms with Gasteiger partial charge in [-0.2, -0.15) is 5.10 Å². The lowest BCUT2D eigenvalue weighted by Crippen LogP contribution is -2.49. The molecule has 0 aliphatic carbocycles. The number of ether oxygens (including phenoxy) is 2. The Morgan fingerprint density at radius 3 is 2.82 bits per heavy atom. The van der Waals surface area contributed by atoms with E-state index in [2.05, 4.69) is 20.3 Å². The van der Waals surface area contributed by atoms with E-state index in [1.165, 1.54) is 0 Å². The van der Waals surface area contributed by atoms with E-state index in [4.69, 9.17) is 21.1 Å². The van der Waals surface area contributed by atoms with Gasteiger partial charge in [-0.1, -0.05) is 11.6 Å². The summed E-state index contributed by atoms with van der Waals surface area (Å²) < 4.78 is 13.6. The SMILES string of the molecule is CN=C(NCC(C)Oc1ccc(Cl)cc1)N1CCOC(c2cnn(C)c2)C1.I. The van der Waals surface area contributed by atoms with Gasteiger partial charge in [-0.05, 0) is 31.2 Å². The number of aliphatic imine (C=N–C) groups is 1. The fourth-order valence-electron chi connectivity index (χ4n) is 3.00. The van der Waals surface area contributed by atoms with Crippen LogP contribution in [0.5, 0.6) is 5.75 Å². The molecule has 1 aromatic carbocycles. The molecule has 1 aromatic heterocycles. The summed E-state index contributed by atoms with van der Waals surface area (Å²) in [4.78, 5) is 6.62. The van der Waals surface area contributed by atoms with Crippen molar-refractivity contribution in [3.05, 3.63) is 47.2 Å². The van der Waals surface area contributed by atoms with Gasteiger partial charge in [0.1, 0.15) is 18.0 Å². The van der Waals surface area contributed by atoms with Crippen molar-refractivity contribution in [3.8, 4) is 5.75 Å². The van der Waals surface area contributed by atoms with E-state index in [0.717, 1.165) is 30.4 Å². The Balaban J connectivity index is 0.00000280. The lowest BCUT2D eigenvalue weighted by Gasteiger charge is -2.35. The number of benzene rings is 1. The number of halogens is 2. The van der Waals surface area contributed by atoms with Crippen LogP contribution in [0.1, 0.15) is 18.6 Å². The van der Waals surface area contributed by atoms with E-state index in [-0.39, 0.29) is 36.2 Å². The molecule has 2 heterocycles. The molecule has 28 heavy (non-hydrogen) atoms. The summed E-state index contributed by atoms with van der Waals surface area (Å²) in [6, 6.07) is 7.38. The highest BCUT2D eigenvalue weighted by molar-refractivity contribution is 14.0. The van der Waals surface area contributed by atoms with Gasteiger partial charge in [0.05, 0.1) is 25.9 Å². The topological polar surface area (TPSA) is 63.9 Å². The molecule has 1 N–H and O–H groups in total. The summed E-state index contributed by atoms with van der Waals surface area (Å²) in [5.74, 6) is 1.64. The van der Waals surface area contributed by atoms with Crippen molar-refractivity contribution >= 4 is 41.5 Å². The molecule has 0 bridgehead atoms. The van der Waals surface area contributed by atoms with Crippen molar-refractivity contribution in [2.24, 2.45) is 12.0 Å². The third-order valence-corrected chi connectivity index (χ3v) is 4.62. The molecule has 154 valence electrons. The molecule has 0 radical (unpaired) electrons. The maximum absolute atomic E-state index is 5.91. The van der Waals surface area contributed by atoms with Crippen LogP contribution in [-0.4, -0.2) is 60.0 Å². The van der Waals surface area contributed by atoms with Gasteiger partial charge in [0, 0.05) is 37.4 Å². The molecule has 2 aromatic rings. The third-order valence-electron chi connectivity index (χ3n) is 4.37. The minimum atomic E-state index is -0.0157. The second-order valence-corrected chi connectivity index (χ2v) is 7.00. The van der Waals surface area contributed by atoms with Crippen LogP contribution in [0.4, 0.5) is 0 Å². The third kappa shape index (κ3) is 6.25. The molecule has 1 aliphatic heterocycles. The largest absolute Gasteiger partial charge is 0.489 e. The Bertz CT molecular complexity index is 768. The first-order valence-corrected chi connectivity index (χ1v) is 9.41. The Labute approximate surface area is 188 Å². The molecule has 1 aliphatic rings. The van der Waals surface area contributed by atoms with Gasteiger partial charge in [0.2, 0.25) is 0 Å². The molecule has 0 amide bonds. The smallest absolute Gasteiger partial charge is 0.193 e. The predicted molar refractivity (Wildman–Crippen MR) is 122 cm³/mol. The van der Waals surface area contributed by atoms with Crippen molar-refractivity contribution in [2.45, 2.75) is 19.1 Å². The predicted octanol–water partition coefficient (Wildman–Crippen LogP) is 3.11. The standard InChI is InChI=1S/C19H26ClN5O2.HI/c1-14(27-17-6-4-16(20)5-7-17)10-22-19(21-2)25-8-9-26-18(13-25)15-11-23-24(3)12-15;/h4-7,11-12,14,18H,8-10,13H2,1-3H3,(H,21,22);1H. The normalized spacial score (nSPS) is 18.4. The Kier molecular flexibility index (Phi) is 8.84. The number of hydrogen-bond acceptors (Lipinski definition) is 4. The van der Waals surface area contributed by atoms with Gasteiger partial charge in [-0.15, -0.1) is 24.0 Å². The first-order chi connectivity index (χ1) is 13.0. The molecule has 7 nitrogen and oxygen atoms in total. The Hall–Kier alpha value is -1.52. The molecule has 3 rings (SSSR count). The van der Waals surface area contributed by atoms with Gasteiger partial charge in [-0.3, -0.25) is 9.67 Å². The van der Waals surface area contributed by atoms with E-state index in [1.807, 2.05) is 50.6 Å². The lowest BCUT2D eigenvalue weighted by molar-refractivity contribution is -0.00814. The summed E-state index contributed by atoms with van der Waals surface area (Å²) in [6.07, 6.45) is 3.82. The van der Waals surface area contributed by atoms with Crippen LogP contribution in [0.25, 0.3) is 0 Å². The number of morpholine rings is 1. The van der Waals surface area contributed by atoms with Gasteiger partial charge < -0.3 is 19.7 Å². The maximum atomic E-state index is 5.91. The van der Waals surface area contributed by atoms with Crippen molar-refractivity contribution in [3.63, 3.8) is 0 Å². The quantitative estimate of drug-likeness (QED) is 0.374. The van der Waals surface area contributed by atoms with E-state index in [1.54, 1.807) is 11.7 Å². The number of aromatic nitrogens is 2. The second kappa shape index (κ2) is 10.9. The maximum Gasteiger partial charge on any atom is 0.193 e. The van der Waals surface area contributed by atoms with E-state index in [0.29, 0.717) is 18.2 Å². The van der Waals surface area contributed by atoms with E-state index in [9.17, 15) is 0 Å². The zero-order chi connectivity index (χ0) is 19.2. The monoisotopic (exact) mass is 519 g/mol. The number of nitrogens with one attached hydrogen (secondary N) is 1. The van der Waals surface area contributed by atoms with Crippen LogP contribution < -0.4 is 10.1 Å². The van der Waals surface area contributed by atoms with Crippen molar-refractivity contribution in [1.82, 2.24) is 20.0 Å². The van der Waals surface area contributed by atoms with Crippen LogP contribution in [0.15, 0.2) is 41.7 Å². The van der Waals surface area contributed by atoms with E-state index >= 15 is 0 Å². The summed E-state index contributed by atoms with van der Waals surface area (Å²) >= 11 is 5.91. The summed E-state index contributed by atoms with van der Waals surface area (Å²) in [5.41, 5.74) is 1.08. The van der Waals surface area contributed by atoms with Gasteiger partial charge >= 0.3 is 0 Å². The highest BCUT2D eigenvalue weighted by atomic mass is 127. The van der Waals surface area contributed by atoms with Crippen LogP contribution in [0.2, 0.25) is 5.02 Å². The number of aryl methyl sites for hydroxylation is 1. The molecule has 0 spiro atoms. The molecule has 2 unspecified atom stereocenters. The zero-order valence-corrected chi connectivity index (χ0v) is 19.4. The Morgan fingerprint density at radius 2 is 2.18 bits per heavy atom. The molecular weight excluding hydrogens is 493 g/mol. The van der Waals surface area contributed by atoms with Crippen molar-refractivity contribution < 1.29 is 9.47 Å². The minimum absolute atomic E-state index is 0. The molecular formula is C19H27ClIN5O2. The number of guanidine groups is 1. The van der Waals surface area contributed by atoms with Crippen LogP contribution >= 0.6 is 35.6 Å². The van der Waals surface area contributed by atoms with Crippen LogP contribution in [0, 0.1) is 0 Å². The average molecular weight is 520 g/mol. The molecule has 1 saturated heterocycles.